The predicted octanol–water partition coefficient (Wildman–Crippen LogP) is 2.40. The highest BCUT2D eigenvalue weighted by atomic mass is 16.5. The van der Waals surface area contributed by atoms with Gasteiger partial charge in [0.2, 0.25) is 0 Å². The third-order valence-corrected chi connectivity index (χ3v) is 6.15. The van der Waals surface area contributed by atoms with Gasteiger partial charge in [-0.15, -0.1) is 10.2 Å². The number of hydrogen-bond acceptors (Lipinski definition) is 5. The molecule has 1 aliphatic heterocycles. The summed E-state index contributed by atoms with van der Waals surface area (Å²) >= 11 is 0. The average molecular weight is 450 g/mol. The van der Waals surface area contributed by atoms with Crippen LogP contribution in [-0.4, -0.2) is 83.5 Å². The maximum Gasteiger partial charge on any atom is 0.194 e. The number of aryl methyl sites for hydroxylation is 1. The SMILES string of the molecule is CCc1nncn1CCNC(=NCCOC)N1CCN(Cc2cccc3ccccc23)CC1. The van der Waals surface area contributed by atoms with Gasteiger partial charge >= 0.3 is 0 Å². The van der Waals surface area contributed by atoms with E-state index < -0.39 is 0 Å². The number of nitrogens with zero attached hydrogens (tertiary/aromatic N) is 6. The van der Waals surface area contributed by atoms with E-state index in [2.05, 4.69) is 79.3 Å². The number of piperazine rings is 1. The summed E-state index contributed by atoms with van der Waals surface area (Å²) in [6.45, 7) is 9.90. The Bertz CT molecular complexity index is 1030. The van der Waals surface area contributed by atoms with Crippen molar-refractivity contribution in [3.63, 3.8) is 0 Å². The summed E-state index contributed by atoms with van der Waals surface area (Å²) in [5.41, 5.74) is 1.40. The zero-order valence-electron chi connectivity index (χ0n) is 19.8. The molecule has 0 radical (unpaired) electrons. The van der Waals surface area contributed by atoms with Crippen LogP contribution < -0.4 is 5.32 Å². The molecule has 1 N–H and O–H groups in total. The van der Waals surface area contributed by atoms with E-state index in [1.807, 2.05) is 0 Å². The lowest BCUT2D eigenvalue weighted by atomic mass is 10.0. The van der Waals surface area contributed by atoms with Crippen LogP contribution in [0, 0.1) is 0 Å². The first-order chi connectivity index (χ1) is 16.3. The zero-order valence-corrected chi connectivity index (χ0v) is 19.8. The second kappa shape index (κ2) is 11.8. The van der Waals surface area contributed by atoms with Crippen LogP contribution in [-0.2, 0) is 24.2 Å². The summed E-state index contributed by atoms with van der Waals surface area (Å²) < 4.78 is 7.31. The smallest absolute Gasteiger partial charge is 0.194 e. The Hall–Kier alpha value is -2.97. The van der Waals surface area contributed by atoms with Crippen molar-refractivity contribution in [2.75, 3.05) is 53.0 Å². The molecule has 4 rings (SSSR count). The third kappa shape index (κ3) is 6.09. The molecule has 8 nitrogen and oxygen atoms in total. The number of ether oxygens (including phenoxy) is 1. The van der Waals surface area contributed by atoms with Crippen LogP contribution in [0.5, 0.6) is 0 Å². The fourth-order valence-corrected chi connectivity index (χ4v) is 4.33. The van der Waals surface area contributed by atoms with Gasteiger partial charge in [-0.05, 0) is 16.3 Å². The monoisotopic (exact) mass is 449 g/mol. The van der Waals surface area contributed by atoms with Gasteiger partial charge in [0.15, 0.2) is 5.96 Å². The van der Waals surface area contributed by atoms with Crippen LogP contribution >= 0.6 is 0 Å². The molecule has 3 aromatic rings. The van der Waals surface area contributed by atoms with Crippen molar-refractivity contribution in [3.8, 4) is 0 Å². The molecule has 2 aromatic carbocycles. The molecular weight excluding hydrogens is 414 g/mol. The minimum atomic E-state index is 0.623. The van der Waals surface area contributed by atoms with Crippen LogP contribution in [0.1, 0.15) is 18.3 Å². The number of aliphatic imine (C=N–C) groups is 1. The van der Waals surface area contributed by atoms with Gasteiger partial charge in [-0.2, -0.15) is 0 Å². The number of methoxy groups -OCH3 is 1. The quantitative estimate of drug-likeness (QED) is 0.307. The predicted molar refractivity (Wildman–Crippen MR) is 132 cm³/mol. The standard InChI is InChI=1S/C25H35N7O/c1-3-24-29-28-20-32(24)13-11-26-25(27-12-18-33-2)31-16-14-30(15-17-31)19-22-9-6-8-21-7-4-5-10-23(21)22/h4-10,20H,3,11-19H2,1-2H3,(H,26,27). The molecule has 1 saturated heterocycles. The van der Waals surface area contributed by atoms with E-state index >= 15 is 0 Å². The van der Waals surface area contributed by atoms with Crippen molar-refractivity contribution < 1.29 is 4.74 Å². The van der Waals surface area contributed by atoms with E-state index in [0.29, 0.717) is 13.2 Å². The van der Waals surface area contributed by atoms with Crippen LogP contribution in [0.3, 0.4) is 0 Å². The van der Waals surface area contributed by atoms with Crippen molar-refractivity contribution in [2.24, 2.45) is 4.99 Å². The molecule has 2 heterocycles. The van der Waals surface area contributed by atoms with E-state index in [-0.39, 0.29) is 0 Å². The second-order valence-electron chi connectivity index (χ2n) is 8.32. The van der Waals surface area contributed by atoms with E-state index in [1.165, 1.54) is 16.3 Å². The van der Waals surface area contributed by atoms with Gasteiger partial charge in [0.25, 0.3) is 0 Å². The molecule has 1 aromatic heterocycles. The topological polar surface area (TPSA) is 70.8 Å². The Morgan fingerprint density at radius 3 is 2.73 bits per heavy atom. The van der Waals surface area contributed by atoms with Crippen LogP contribution in [0.15, 0.2) is 53.8 Å². The first kappa shape index (κ1) is 23.2. The lowest BCUT2D eigenvalue weighted by Crippen LogP contribution is -2.52. The minimum absolute atomic E-state index is 0.623. The number of nitrogens with one attached hydrogen (secondary N) is 1. The highest BCUT2D eigenvalue weighted by molar-refractivity contribution is 5.85. The highest BCUT2D eigenvalue weighted by Gasteiger charge is 2.20. The van der Waals surface area contributed by atoms with Gasteiger partial charge in [-0.1, -0.05) is 49.4 Å². The highest BCUT2D eigenvalue weighted by Crippen LogP contribution is 2.20. The normalized spacial score (nSPS) is 15.3. The van der Waals surface area contributed by atoms with E-state index in [1.54, 1.807) is 13.4 Å². The molecule has 0 amide bonds. The summed E-state index contributed by atoms with van der Waals surface area (Å²) in [6.07, 6.45) is 2.68. The Balaban J connectivity index is 1.33. The van der Waals surface area contributed by atoms with E-state index in [4.69, 9.17) is 9.73 Å². The summed E-state index contributed by atoms with van der Waals surface area (Å²) in [5.74, 6) is 1.97. The first-order valence-electron chi connectivity index (χ1n) is 11.9. The number of aromatic nitrogens is 3. The van der Waals surface area contributed by atoms with Gasteiger partial charge in [0.05, 0.1) is 13.2 Å². The summed E-state index contributed by atoms with van der Waals surface area (Å²) in [7, 11) is 1.72. The Morgan fingerprint density at radius 1 is 1.09 bits per heavy atom. The molecule has 8 heteroatoms. The second-order valence-corrected chi connectivity index (χ2v) is 8.32. The van der Waals surface area contributed by atoms with Crippen LogP contribution in [0.2, 0.25) is 0 Å². The van der Waals surface area contributed by atoms with E-state index in [0.717, 1.165) is 64.0 Å². The lowest BCUT2D eigenvalue weighted by molar-refractivity contribution is 0.172. The summed E-state index contributed by atoms with van der Waals surface area (Å²) in [6, 6.07) is 15.3. The fraction of sp³-hybridized carbons (Fsp3) is 0.480. The van der Waals surface area contributed by atoms with Crippen molar-refractivity contribution in [1.29, 1.82) is 0 Å². The summed E-state index contributed by atoms with van der Waals surface area (Å²) in [5, 5.41) is 14.4. The third-order valence-electron chi connectivity index (χ3n) is 6.15. The number of fused-ring (bicyclic) bond motifs is 1. The molecule has 0 spiro atoms. The van der Waals surface area contributed by atoms with Crippen molar-refractivity contribution >= 4 is 16.7 Å². The number of benzene rings is 2. The molecule has 0 bridgehead atoms. The molecule has 33 heavy (non-hydrogen) atoms. The molecule has 0 saturated carbocycles. The molecule has 0 atom stereocenters. The maximum absolute atomic E-state index is 5.21. The number of hydrogen-bond donors (Lipinski definition) is 1. The number of guanidine groups is 1. The Kier molecular flexibility index (Phi) is 8.27. The van der Waals surface area contributed by atoms with Gasteiger partial charge in [-0.25, -0.2) is 0 Å². The molecular formula is C25H35N7O. The van der Waals surface area contributed by atoms with Gasteiger partial charge < -0.3 is 19.5 Å². The Morgan fingerprint density at radius 2 is 1.91 bits per heavy atom. The fourth-order valence-electron chi connectivity index (χ4n) is 4.33. The van der Waals surface area contributed by atoms with Gasteiger partial charge in [0, 0.05) is 59.3 Å². The van der Waals surface area contributed by atoms with Crippen LogP contribution in [0.4, 0.5) is 0 Å². The maximum atomic E-state index is 5.21. The zero-order chi connectivity index (χ0) is 22.9. The number of rotatable bonds is 9. The molecule has 1 fully saturated rings. The van der Waals surface area contributed by atoms with Gasteiger partial charge in [0.1, 0.15) is 12.2 Å². The first-order valence-corrected chi connectivity index (χ1v) is 11.9. The van der Waals surface area contributed by atoms with Gasteiger partial charge in [-0.3, -0.25) is 9.89 Å². The van der Waals surface area contributed by atoms with Crippen molar-refractivity contribution in [1.82, 2.24) is 29.9 Å². The Labute approximate surface area is 196 Å². The molecule has 176 valence electrons. The largest absolute Gasteiger partial charge is 0.383 e. The summed E-state index contributed by atoms with van der Waals surface area (Å²) in [4.78, 5) is 9.70. The van der Waals surface area contributed by atoms with Crippen molar-refractivity contribution in [2.45, 2.75) is 26.4 Å². The average Bonchev–Trinajstić information content (AvgIpc) is 3.31. The molecule has 0 aliphatic carbocycles. The van der Waals surface area contributed by atoms with Crippen LogP contribution in [0.25, 0.3) is 10.8 Å². The molecule has 1 aliphatic rings. The minimum Gasteiger partial charge on any atom is -0.383 e. The van der Waals surface area contributed by atoms with Crippen molar-refractivity contribution in [3.05, 3.63) is 60.2 Å². The lowest BCUT2D eigenvalue weighted by Gasteiger charge is -2.36. The van der Waals surface area contributed by atoms with E-state index in [9.17, 15) is 0 Å². The molecule has 0 unspecified atom stereocenters.